The number of primary amides is 1. The van der Waals surface area contributed by atoms with Crippen LogP contribution >= 0.6 is 11.8 Å². The molecule has 126 heavy (non-hydrogen) atoms. The van der Waals surface area contributed by atoms with E-state index in [-0.39, 0.29) is 44.6 Å². The van der Waals surface area contributed by atoms with Crippen molar-refractivity contribution in [1.82, 2.24) is 73.4 Å². The van der Waals surface area contributed by atoms with Crippen LogP contribution in [0.2, 0.25) is 0 Å². The molecule has 0 fully saturated rings. The Morgan fingerprint density at radius 1 is 0.563 bits per heavy atom. The van der Waals surface area contributed by atoms with Gasteiger partial charge in [-0.2, -0.15) is 16.3 Å². The largest absolute Gasteiger partial charge is 0.481 e. The molecule has 0 aliphatic carbocycles. The number of amides is 13. The Morgan fingerprint density at radius 2 is 1.14 bits per heavy atom. The number of carboxylic acid groups (broad SMARTS) is 1. The Hall–Kier alpha value is -13.2. The molecule has 0 saturated heterocycles. The number of nitrogens with zero attached hydrogens (tertiary/aromatic N) is 3. The predicted molar refractivity (Wildman–Crippen MR) is 480 cm³/mol. The zero-order chi connectivity index (χ0) is 91.7. The van der Waals surface area contributed by atoms with Crippen LogP contribution in [0, 0.1) is 11.8 Å². The molecule has 7 aromatic rings. The third-order valence-corrected chi connectivity index (χ3v) is 22.6. The van der Waals surface area contributed by atoms with E-state index in [0.29, 0.717) is 40.9 Å². The number of aliphatic hydroxyl groups is 1. The van der Waals surface area contributed by atoms with Gasteiger partial charge in [0.25, 0.3) is 0 Å². The minimum atomic E-state index is -1.69. The van der Waals surface area contributed by atoms with E-state index >= 15 is 0 Å². The lowest BCUT2D eigenvalue weighted by molar-refractivity contribution is -0.436. The molecule has 2 aliphatic rings. The number of fused-ring (bicyclic) bond motifs is 7. The zero-order valence-electron chi connectivity index (χ0n) is 72.4. The number of carboxylic acids is 1. The SMILES string of the molecule is CSCCC(N)C(=O)NC(CC(C)C)C(=O)NC(Cc1cnc[nH]1)C(=O)NCC(=O)NC(C(=O)NC(C)C(=O)NC(Cc1c[nH]c2ccccc12)C(=O)NC(CCC(N)=O)C(=O)NCC(=O)NC(CO)C(=O)NCC(=O)NC(=O)CC[N+]1=C(/C=C/C=C/C=C/C=C2/N(CCC(=O)O)c3ccc4ccccc4c3C2(C)C)C(C)(C)c2c1ccc1ccccc21)C(C)C. The molecule has 0 saturated carbocycles. The minimum absolute atomic E-state index is 0.0435. The first-order valence-electron chi connectivity index (χ1n) is 41.8. The highest BCUT2D eigenvalue weighted by atomic mass is 32.2. The second-order valence-corrected chi connectivity index (χ2v) is 33.9. The molecule has 0 bridgehead atoms. The van der Waals surface area contributed by atoms with Crippen molar-refractivity contribution < 1.29 is 81.9 Å². The highest BCUT2D eigenvalue weighted by Gasteiger charge is 2.46. The monoisotopic (exact) mass is 1750 g/mol. The fourth-order valence-corrected chi connectivity index (χ4v) is 16.0. The third-order valence-electron chi connectivity index (χ3n) is 21.9. The molecule has 8 atom stereocenters. The number of imide groups is 1. The van der Waals surface area contributed by atoms with Gasteiger partial charge in [0.05, 0.1) is 56.9 Å². The first-order valence-corrected chi connectivity index (χ1v) is 43.2. The quantitative estimate of drug-likeness (QED) is 0.0191. The number of imidazole rings is 1. The van der Waals surface area contributed by atoms with E-state index in [0.717, 1.165) is 55.5 Å². The number of aromatic nitrogens is 3. The highest BCUT2D eigenvalue weighted by molar-refractivity contribution is 7.98. The molecule has 35 heteroatoms. The van der Waals surface area contributed by atoms with Gasteiger partial charge >= 0.3 is 5.97 Å². The van der Waals surface area contributed by atoms with Crippen molar-refractivity contribution in [1.29, 1.82) is 0 Å². The second-order valence-electron chi connectivity index (χ2n) is 32.9. The lowest BCUT2D eigenvalue weighted by Gasteiger charge is -2.26. The summed E-state index contributed by atoms with van der Waals surface area (Å²) < 4.78 is 2.03. The third kappa shape index (κ3) is 25.8. The fraction of sp³-hybridized carbons (Fsp3) is 0.407. The number of aromatic amines is 2. The van der Waals surface area contributed by atoms with Crippen LogP contribution in [0.15, 0.2) is 164 Å². The number of thioether (sulfide) groups is 1. The molecule has 2 aromatic heterocycles. The number of hydrogen-bond donors (Lipinski definition) is 17. The Labute approximate surface area is 734 Å². The number of carbonyl (C=O) groups excluding carboxylic acids is 13. The Kier molecular flexibility index (Phi) is 34.5. The highest BCUT2D eigenvalue weighted by Crippen LogP contribution is 2.51. The summed E-state index contributed by atoms with van der Waals surface area (Å²) in [6.07, 6.45) is 19.0. The average molecular weight is 1750 g/mol. The maximum Gasteiger partial charge on any atom is 0.305 e. The summed E-state index contributed by atoms with van der Waals surface area (Å²) in [4.78, 5) is 201. The van der Waals surface area contributed by atoms with E-state index in [1.165, 1.54) is 31.2 Å². The van der Waals surface area contributed by atoms with E-state index in [9.17, 15) is 77.3 Å². The van der Waals surface area contributed by atoms with Crippen LogP contribution in [0.3, 0.4) is 0 Å². The Balaban J connectivity index is 0.780. The number of aliphatic hydroxyl groups excluding tert-OH is 1. The van der Waals surface area contributed by atoms with Crippen LogP contribution in [0.1, 0.15) is 123 Å². The van der Waals surface area contributed by atoms with Crippen molar-refractivity contribution in [3.8, 4) is 0 Å². The fourth-order valence-electron chi connectivity index (χ4n) is 15.5. The molecule has 19 N–H and O–H groups in total. The summed E-state index contributed by atoms with van der Waals surface area (Å²) in [6, 6.07) is 20.6. The summed E-state index contributed by atoms with van der Waals surface area (Å²) in [5, 5.41) is 52.3. The Morgan fingerprint density at radius 3 is 1.79 bits per heavy atom. The number of anilines is 1. The summed E-state index contributed by atoms with van der Waals surface area (Å²) in [5.41, 5.74) is 18.1. The van der Waals surface area contributed by atoms with Crippen LogP contribution in [0.25, 0.3) is 32.4 Å². The van der Waals surface area contributed by atoms with Gasteiger partial charge in [-0.1, -0.05) is 145 Å². The van der Waals surface area contributed by atoms with Gasteiger partial charge in [-0.25, -0.2) is 4.98 Å². The lowest BCUT2D eigenvalue weighted by Crippen LogP contribution is -2.59. The van der Waals surface area contributed by atoms with E-state index in [2.05, 4.69) is 130 Å². The van der Waals surface area contributed by atoms with Crippen LogP contribution in [-0.2, 0) is 90.8 Å². The number of aliphatic carboxylic acids is 1. The summed E-state index contributed by atoms with van der Waals surface area (Å²) in [6.45, 7) is 13.9. The molecular weight excluding hydrogens is 1630 g/mol. The topological polar surface area (TPSA) is 515 Å². The predicted octanol–water partition coefficient (Wildman–Crippen LogP) is 3.72. The molecular formula is C91H115N18O16S+. The van der Waals surface area contributed by atoms with Crippen molar-refractivity contribution >= 4 is 144 Å². The van der Waals surface area contributed by atoms with Gasteiger partial charge in [-0.3, -0.25) is 72.4 Å². The standard InChI is InChI=1S/C91H114N18O16S/c1-52(2)42-65(104-83(119)62(92)38-41-126-10)87(123)105-67(44-58-46-94-51-99-58)85(121)97-49-77(115)107-81(53(3)4)89(125)100-54(5)82(118)103-66(43-57-45-95-63-27-21-20-24-59(57)63)88(124)102-64(32-35-73(93)111)84(120)96-47-75(113)101-68(50-110)86(122)98-48-76(114)106-74(112)36-39-108-69-33-30-55-22-16-18-25-60(55)79(69)90(6,7)71(108)28-14-12-11-13-15-29-72-91(8,9)80-61-26-19-17-23-56(61)31-34-70(80)109(72)40-37-78(116)117/h11-31,33-34,45-46,51-54,62,64-68,81,95,110H,32,35-44,47-50,92H2,1-10H3,(H14-,93,94,96,97,98,99,100,101,102,103,104,105,106,107,111,112,113,114,115,116,117,118,119,120,121,122,123,124,125)/p+1. The van der Waals surface area contributed by atoms with Gasteiger partial charge in [0, 0.05) is 89.3 Å². The average Bonchev–Trinajstić information content (AvgIpc) is 1.57. The minimum Gasteiger partial charge on any atom is -0.481 e. The number of carbonyl (C=O) groups is 14. The van der Waals surface area contributed by atoms with Crippen LogP contribution in [0.4, 0.5) is 11.4 Å². The lowest BCUT2D eigenvalue weighted by atomic mass is 9.79. The second kappa shape index (κ2) is 45.0. The molecule has 8 unspecified atom stereocenters. The number of para-hydroxylation sites is 1. The van der Waals surface area contributed by atoms with Gasteiger partial charge in [0.1, 0.15) is 42.3 Å². The van der Waals surface area contributed by atoms with Crippen molar-refractivity contribution in [2.45, 2.75) is 173 Å². The summed E-state index contributed by atoms with van der Waals surface area (Å²) in [7, 11) is 0. The van der Waals surface area contributed by atoms with Crippen molar-refractivity contribution in [2.75, 3.05) is 56.2 Å². The number of allylic oxidation sites excluding steroid dienone is 8. The number of rotatable bonds is 45. The molecule has 4 heterocycles. The molecule has 5 aromatic carbocycles. The van der Waals surface area contributed by atoms with E-state index in [4.69, 9.17) is 11.5 Å². The zero-order valence-corrected chi connectivity index (χ0v) is 73.2. The maximum absolute atomic E-state index is 14.6. The smallest absolute Gasteiger partial charge is 0.305 e. The number of nitrogens with one attached hydrogen (secondary N) is 13. The molecule has 34 nitrogen and oxygen atoms in total. The molecule has 13 amide bonds. The van der Waals surface area contributed by atoms with E-state index < -0.39 is 187 Å². The Bertz CT molecular complexity index is 5360. The van der Waals surface area contributed by atoms with Crippen molar-refractivity contribution in [3.63, 3.8) is 0 Å². The van der Waals surface area contributed by atoms with Crippen LogP contribution in [0.5, 0.6) is 0 Å². The molecule has 0 radical (unpaired) electrons. The van der Waals surface area contributed by atoms with E-state index in [1.807, 2.05) is 116 Å². The number of H-pyrrole nitrogens is 2. The van der Waals surface area contributed by atoms with Crippen LogP contribution < -0.4 is 74.9 Å². The summed E-state index contributed by atoms with van der Waals surface area (Å²) >= 11 is 1.51. The number of nitrogens with two attached hydrogens (primary N) is 2. The van der Waals surface area contributed by atoms with E-state index in [1.54, 1.807) is 44.3 Å². The molecule has 0 spiro atoms. The van der Waals surface area contributed by atoms with Crippen molar-refractivity contribution in [2.24, 2.45) is 23.3 Å². The summed E-state index contributed by atoms with van der Waals surface area (Å²) in [5.74, 6) is -12.1. The molecule has 670 valence electrons. The normalized spacial score (nSPS) is 15.6. The maximum atomic E-state index is 14.6. The number of hydrogen-bond acceptors (Lipinski definition) is 19. The van der Waals surface area contributed by atoms with Crippen molar-refractivity contribution in [3.05, 3.63) is 186 Å². The number of benzene rings is 5. The van der Waals surface area contributed by atoms with Gasteiger partial charge < -0.3 is 89.7 Å². The first-order chi connectivity index (χ1) is 60.0. The van der Waals surface area contributed by atoms with Gasteiger partial charge in [0.2, 0.25) is 82.5 Å². The molecule has 2 aliphatic heterocycles. The van der Waals surface area contributed by atoms with Crippen LogP contribution in [-0.4, -0.2) is 218 Å². The van der Waals surface area contributed by atoms with Gasteiger partial charge in [-0.15, -0.1) is 0 Å². The van der Waals surface area contributed by atoms with Gasteiger partial charge in [-0.05, 0) is 121 Å². The first kappa shape index (κ1) is 96.7. The molecule has 9 rings (SSSR count). The van der Waals surface area contributed by atoms with Gasteiger partial charge in [0.15, 0.2) is 12.3 Å².